The van der Waals surface area contributed by atoms with Crippen molar-refractivity contribution in [2.75, 3.05) is 13.2 Å². The molecule has 0 aromatic rings. The molecule has 1 amide bonds. The van der Waals surface area contributed by atoms with Gasteiger partial charge in [-0.25, -0.2) is 0 Å². The Balaban J connectivity index is 2.18. The third kappa shape index (κ3) is 28.1. The summed E-state index contributed by atoms with van der Waals surface area (Å²) in [5, 5.41) is 53.9. The van der Waals surface area contributed by atoms with Crippen LogP contribution in [0.15, 0.2) is 12.2 Å². The van der Waals surface area contributed by atoms with Gasteiger partial charge in [0.25, 0.3) is 0 Å². The van der Waals surface area contributed by atoms with E-state index in [-0.39, 0.29) is 12.5 Å². The van der Waals surface area contributed by atoms with Gasteiger partial charge in [0, 0.05) is 6.42 Å². The van der Waals surface area contributed by atoms with Gasteiger partial charge in [-0.3, -0.25) is 4.79 Å². The molecule has 9 nitrogen and oxygen atoms in total. The van der Waals surface area contributed by atoms with Gasteiger partial charge in [-0.2, -0.15) is 0 Å². The van der Waals surface area contributed by atoms with Gasteiger partial charge in [0.2, 0.25) is 5.91 Å². The molecule has 0 aliphatic carbocycles. The third-order valence-electron chi connectivity index (χ3n) is 11.4. The lowest BCUT2D eigenvalue weighted by atomic mass is 9.99. The summed E-state index contributed by atoms with van der Waals surface area (Å²) in [7, 11) is 0. The van der Waals surface area contributed by atoms with Crippen LogP contribution in [0.4, 0.5) is 0 Å². The van der Waals surface area contributed by atoms with E-state index in [9.17, 15) is 30.3 Å². The molecule has 1 aliphatic heterocycles. The van der Waals surface area contributed by atoms with Crippen molar-refractivity contribution >= 4 is 5.91 Å². The lowest BCUT2D eigenvalue weighted by Gasteiger charge is -2.40. The molecule has 0 spiro atoms. The highest BCUT2D eigenvalue weighted by Gasteiger charge is 2.44. The Morgan fingerprint density at radius 2 is 1.00 bits per heavy atom. The van der Waals surface area contributed by atoms with Gasteiger partial charge in [0.15, 0.2) is 6.29 Å². The molecule has 326 valence electrons. The first-order valence-electron chi connectivity index (χ1n) is 23.4. The average Bonchev–Trinajstić information content (AvgIpc) is 3.18. The number of amides is 1. The topological polar surface area (TPSA) is 149 Å². The number of carbonyl (C=O) groups excluding carboxylic acids is 1. The van der Waals surface area contributed by atoms with Crippen molar-refractivity contribution in [3.8, 4) is 0 Å². The number of rotatable bonds is 39. The summed E-state index contributed by atoms with van der Waals surface area (Å²) < 4.78 is 11.2. The van der Waals surface area contributed by atoms with Crippen molar-refractivity contribution in [1.82, 2.24) is 5.32 Å². The fourth-order valence-corrected chi connectivity index (χ4v) is 7.57. The van der Waals surface area contributed by atoms with Crippen LogP contribution < -0.4 is 5.32 Å². The Bertz CT molecular complexity index is 873. The van der Waals surface area contributed by atoms with Crippen molar-refractivity contribution in [1.29, 1.82) is 0 Å². The highest BCUT2D eigenvalue weighted by molar-refractivity contribution is 5.76. The normalized spacial score (nSPS) is 21.3. The molecule has 0 bridgehead atoms. The van der Waals surface area contributed by atoms with Crippen molar-refractivity contribution in [2.24, 2.45) is 0 Å². The second kappa shape index (κ2) is 37.2. The van der Waals surface area contributed by atoms with Crippen molar-refractivity contribution in [3.63, 3.8) is 0 Å². The Morgan fingerprint density at radius 3 is 1.42 bits per heavy atom. The molecule has 1 saturated heterocycles. The minimum absolute atomic E-state index is 0.176. The summed E-state index contributed by atoms with van der Waals surface area (Å²) in [4.78, 5) is 12.9. The standard InChI is InChI=1S/C46H89NO8/c1-3-5-7-9-11-13-14-15-16-17-18-19-20-21-22-23-24-25-26-27-28-30-32-34-36-42(50)47-39(40(49)35-33-31-29-12-10-8-6-4-2)38-54-46-45(53)44(52)43(51)41(37-48)55-46/h33,35,39-41,43-46,48-49,51-53H,3-32,34,36-38H2,1-2H3,(H,47,50)/b35-33+. The van der Waals surface area contributed by atoms with E-state index < -0.39 is 49.5 Å². The molecule has 0 aromatic carbocycles. The molecule has 1 rings (SSSR count). The molecule has 0 saturated carbocycles. The second-order valence-corrected chi connectivity index (χ2v) is 16.6. The predicted octanol–water partition coefficient (Wildman–Crippen LogP) is 9.73. The minimum atomic E-state index is -1.56. The number of carbonyl (C=O) groups is 1. The number of hydrogen-bond donors (Lipinski definition) is 6. The molecular formula is C46H89NO8. The highest BCUT2D eigenvalue weighted by Crippen LogP contribution is 2.23. The van der Waals surface area contributed by atoms with Gasteiger partial charge in [-0.15, -0.1) is 0 Å². The maximum absolute atomic E-state index is 12.9. The molecule has 1 aliphatic rings. The fourth-order valence-electron chi connectivity index (χ4n) is 7.57. The molecule has 0 radical (unpaired) electrons. The van der Waals surface area contributed by atoms with Crippen LogP contribution in [0.5, 0.6) is 0 Å². The van der Waals surface area contributed by atoms with E-state index >= 15 is 0 Å². The Labute approximate surface area is 337 Å². The summed E-state index contributed by atoms with van der Waals surface area (Å²) in [6.07, 6.45) is 35.7. The van der Waals surface area contributed by atoms with E-state index in [2.05, 4.69) is 19.2 Å². The van der Waals surface area contributed by atoms with E-state index in [1.165, 1.54) is 161 Å². The first kappa shape index (κ1) is 51.9. The van der Waals surface area contributed by atoms with Crippen LogP contribution >= 0.6 is 0 Å². The predicted molar refractivity (Wildman–Crippen MR) is 226 cm³/mol. The molecule has 55 heavy (non-hydrogen) atoms. The number of ether oxygens (including phenoxy) is 2. The number of aliphatic hydroxyl groups excluding tert-OH is 5. The summed E-state index contributed by atoms with van der Waals surface area (Å²) >= 11 is 0. The Kier molecular flexibility index (Phi) is 35.2. The second-order valence-electron chi connectivity index (χ2n) is 16.6. The maximum atomic E-state index is 12.9. The lowest BCUT2D eigenvalue weighted by molar-refractivity contribution is -0.302. The molecule has 0 aromatic heterocycles. The van der Waals surface area contributed by atoms with E-state index in [1.807, 2.05) is 6.08 Å². The summed E-state index contributed by atoms with van der Waals surface area (Å²) in [5.74, 6) is -0.176. The zero-order chi connectivity index (χ0) is 40.2. The highest BCUT2D eigenvalue weighted by atomic mass is 16.7. The maximum Gasteiger partial charge on any atom is 0.220 e. The summed E-state index contributed by atoms with van der Waals surface area (Å²) in [6, 6.07) is -0.796. The zero-order valence-corrected chi connectivity index (χ0v) is 35.7. The fraction of sp³-hybridized carbons (Fsp3) is 0.935. The number of aliphatic hydroxyl groups is 5. The number of hydrogen-bond acceptors (Lipinski definition) is 8. The van der Waals surface area contributed by atoms with E-state index in [0.29, 0.717) is 6.42 Å². The van der Waals surface area contributed by atoms with Crippen LogP contribution in [0, 0.1) is 0 Å². The van der Waals surface area contributed by atoms with Crippen molar-refractivity contribution in [3.05, 3.63) is 12.2 Å². The Hall–Kier alpha value is -1.07. The van der Waals surface area contributed by atoms with E-state index in [4.69, 9.17) is 9.47 Å². The molecule has 7 atom stereocenters. The number of allylic oxidation sites excluding steroid dienone is 1. The molecule has 7 unspecified atom stereocenters. The summed E-state index contributed by atoms with van der Waals surface area (Å²) in [6.45, 7) is 3.74. The zero-order valence-electron chi connectivity index (χ0n) is 35.7. The third-order valence-corrected chi connectivity index (χ3v) is 11.4. The Morgan fingerprint density at radius 1 is 0.600 bits per heavy atom. The molecule has 6 N–H and O–H groups in total. The number of nitrogens with one attached hydrogen (secondary N) is 1. The van der Waals surface area contributed by atoms with E-state index in [1.54, 1.807) is 6.08 Å². The molecule has 9 heteroatoms. The minimum Gasteiger partial charge on any atom is -0.394 e. The van der Waals surface area contributed by atoms with Crippen molar-refractivity contribution < 1.29 is 39.8 Å². The quantitative estimate of drug-likeness (QED) is 0.0267. The van der Waals surface area contributed by atoms with Gasteiger partial charge in [0.1, 0.15) is 24.4 Å². The summed E-state index contributed by atoms with van der Waals surface area (Å²) in [5.41, 5.74) is 0. The van der Waals surface area contributed by atoms with Crippen LogP contribution in [0.25, 0.3) is 0 Å². The van der Waals surface area contributed by atoms with Gasteiger partial charge in [-0.1, -0.05) is 206 Å². The first-order valence-corrected chi connectivity index (χ1v) is 23.4. The molecule has 1 heterocycles. The van der Waals surface area contributed by atoms with Gasteiger partial charge in [0.05, 0.1) is 25.4 Å². The lowest BCUT2D eigenvalue weighted by Crippen LogP contribution is -2.60. The average molecular weight is 784 g/mol. The number of unbranched alkanes of at least 4 members (excludes halogenated alkanes) is 29. The van der Waals surface area contributed by atoms with Crippen LogP contribution in [0.3, 0.4) is 0 Å². The van der Waals surface area contributed by atoms with Gasteiger partial charge < -0.3 is 40.3 Å². The molecular weight excluding hydrogens is 695 g/mol. The van der Waals surface area contributed by atoms with Crippen LogP contribution in [-0.4, -0.2) is 87.5 Å². The first-order chi connectivity index (χ1) is 26.8. The van der Waals surface area contributed by atoms with Crippen molar-refractivity contribution in [2.45, 2.75) is 262 Å². The van der Waals surface area contributed by atoms with Gasteiger partial charge in [-0.05, 0) is 19.3 Å². The molecule has 1 fully saturated rings. The van der Waals surface area contributed by atoms with Crippen LogP contribution in [-0.2, 0) is 14.3 Å². The smallest absolute Gasteiger partial charge is 0.220 e. The monoisotopic (exact) mass is 784 g/mol. The largest absolute Gasteiger partial charge is 0.394 e. The van der Waals surface area contributed by atoms with Crippen LogP contribution in [0.2, 0.25) is 0 Å². The van der Waals surface area contributed by atoms with E-state index in [0.717, 1.165) is 38.5 Å². The van der Waals surface area contributed by atoms with Crippen LogP contribution in [0.1, 0.15) is 219 Å². The SMILES string of the molecule is CCCCCCCC/C=C/C(O)C(COC1OC(CO)C(O)C(O)C1O)NC(=O)CCCCCCCCCCCCCCCCCCCCCCCCCC. The van der Waals surface area contributed by atoms with Gasteiger partial charge >= 0.3 is 0 Å².